The minimum atomic E-state index is 0.460. The highest BCUT2D eigenvalue weighted by Crippen LogP contribution is 2.42. The number of hydrogen-bond acceptors (Lipinski definition) is 2. The Balaban J connectivity index is 2.15. The minimum absolute atomic E-state index is 0.460. The van der Waals surface area contributed by atoms with Gasteiger partial charge in [0.05, 0.1) is 0 Å². The van der Waals surface area contributed by atoms with E-state index in [4.69, 9.17) is 10.5 Å². The van der Waals surface area contributed by atoms with E-state index in [1.54, 1.807) is 7.11 Å². The first-order chi connectivity index (χ1) is 4.66. The first-order valence-corrected chi connectivity index (χ1v) is 3.91. The monoisotopic (exact) mass is 143 g/mol. The summed E-state index contributed by atoms with van der Waals surface area (Å²) >= 11 is 0. The summed E-state index contributed by atoms with van der Waals surface area (Å²) in [6, 6.07) is 0.460. The molecule has 0 aromatic rings. The summed E-state index contributed by atoms with van der Waals surface area (Å²) in [4.78, 5) is 0. The van der Waals surface area contributed by atoms with Crippen molar-refractivity contribution in [2.24, 2.45) is 11.1 Å². The van der Waals surface area contributed by atoms with Gasteiger partial charge in [0.25, 0.3) is 0 Å². The summed E-state index contributed by atoms with van der Waals surface area (Å²) in [7, 11) is 1.75. The fraction of sp³-hybridized carbons (Fsp3) is 1.00. The largest absolute Gasteiger partial charge is 0.385 e. The van der Waals surface area contributed by atoms with Crippen LogP contribution in [0, 0.1) is 5.41 Å². The van der Waals surface area contributed by atoms with Crippen LogP contribution in [-0.4, -0.2) is 19.8 Å². The normalized spacial score (nSPS) is 39.3. The standard InChI is InChI=1S/C8H17NO/c1-8(3-4-10-2)5-7(9)6-8/h7H,3-6,9H2,1-2H3/t7-,8-. The highest BCUT2D eigenvalue weighted by Gasteiger charge is 2.37. The molecule has 0 aliphatic heterocycles. The Kier molecular flexibility index (Phi) is 2.32. The van der Waals surface area contributed by atoms with Crippen LogP contribution in [-0.2, 0) is 4.74 Å². The molecule has 0 aromatic carbocycles. The number of methoxy groups -OCH3 is 1. The Morgan fingerprint density at radius 3 is 2.60 bits per heavy atom. The summed E-state index contributed by atoms with van der Waals surface area (Å²) < 4.78 is 5.01. The van der Waals surface area contributed by atoms with Crippen molar-refractivity contribution >= 4 is 0 Å². The van der Waals surface area contributed by atoms with Crippen LogP contribution in [0.2, 0.25) is 0 Å². The molecule has 0 atom stereocenters. The van der Waals surface area contributed by atoms with Gasteiger partial charge in [0, 0.05) is 19.8 Å². The zero-order valence-electron chi connectivity index (χ0n) is 6.89. The van der Waals surface area contributed by atoms with Crippen LogP contribution < -0.4 is 5.73 Å². The van der Waals surface area contributed by atoms with Gasteiger partial charge < -0.3 is 10.5 Å². The molecule has 0 radical (unpaired) electrons. The maximum Gasteiger partial charge on any atom is 0.0467 e. The molecule has 1 fully saturated rings. The van der Waals surface area contributed by atoms with Gasteiger partial charge in [-0.25, -0.2) is 0 Å². The molecular formula is C8H17NO. The van der Waals surface area contributed by atoms with Crippen LogP contribution >= 0.6 is 0 Å². The van der Waals surface area contributed by atoms with Crippen molar-refractivity contribution in [3.05, 3.63) is 0 Å². The SMILES string of the molecule is COCC[C@]1(C)C[C@@H](N)C1. The third-order valence-corrected chi connectivity index (χ3v) is 2.42. The van der Waals surface area contributed by atoms with Crippen molar-refractivity contribution in [3.8, 4) is 0 Å². The molecule has 0 heterocycles. The van der Waals surface area contributed by atoms with E-state index in [2.05, 4.69) is 6.92 Å². The predicted octanol–water partition coefficient (Wildman–Crippen LogP) is 1.15. The molecule has 2 nitrogen and oxygen atoms in total. The van der Waals surface area contributed by atoms with Gasteiger partial charge in [-0.2, -0.15) is 0 Å². The molecule has 0 spiro atoms. The van der Waals surface area contributed by atoms with E-state index >= 15 is 0 Å². The van der Waals surface area contributed by atoms with Gasteiger partial charge in [0.15, 0.2) is 0 Å². The van der Waals surface area contributed by atoms with Gasteiger partial charge in [-0.1, -0.05) is 6.92 Å². The zero-order chi connectivity index (χ0) is 7.61. The molecule has 1 saturated carbocycles. The summed E-state index contributed by atoms with van der Waals surface area (Å²) in [5.74, 6) is 0. The van der Waals surface area contributed by atoms with Crippen LogP contribution in [0.3, 0.4) is 0 Å². The molecule has 0 unspecified atom stereocenters. The average Bonchev–Trinajstić information content (AvgIpc) is 1.81. The van der Waals surface area contributed by atoms with E-state index in [0.717, 1.165) is 13.0 Å². The van der Waals surface area contributed by atoms with Crippen molar-refractivity contribution in [1.29, 1.82) is 0 Å². The van der Waals surface area contributed by atoms with E-state index in [1.165, 1.54) is 12.8 Å². The average molecular weight is 143 g/mol. The lowest BCUT2D eigenvalue weighted by Gasteiger charge is -2.43. The maximum absolute atomic E-state index is 5.68. The van der Waals surface area contributed by atoms with E-state index in [9.17, 15) is 0 Å². The molecule has 1 aliphatic rings. The molecule has 1 rings (SSSR count). The van der Waals surface area contributed by atoms with Gasteiger partial charge in [-0.05, 0) is 24.7 Å². The summed E-state index contributed by atoms with van der Waals surface area (Å²) in [6.07, 6.45) is 3.52. The molecule has 10 heavy (non-hydrogen) atoms. The first-order valence-electron chi connectivity index (χ1n) is 3.91. The molecule has 0 saturated heterocycles. The lowest BCUT2D eigenvalue weighted by Crippen LogP contribution is -2.44. The smallest absolute Gasteiger partial charge is 0.0467 e. The molecule has 2 N–H and O–H groups in total. The van der Waals surface area contributed by atoms with Crippen molar-refractivity contribution in [1.82, 2.24) is 0 Å². The Bertz CT molecular complexity index is 108. The van der Waals surface area contributed by atoms with E-state index in [-0.39, 0.29) is 0 Å². The Morgan fingerprint density at radius 2 is 2.20 bits per heavy atom. The molecule has 0 bridgehead atoms. The van der Waals surface area contributed by atoms with E-state index < -0.39 is 0 Å². The first kappa shape index (κ1) is 8.02. The Hall–Kier alpha value is -0.0800. The van der Waals surface area contributed by atoms with Crippen LogP contribution in [0.1, 0.15) is 26.2 Å². The van der Waals surface area contributed by atoms with Gasteiger partial charge in [-0.15, -0.1) is 0 Å². The third kappa shape index (κ3) is 1.70. The van der Waals surface area contributed by atoms with Crippen LogP contribution in [0.15, 0.2) is 0 Å². The highest BCUT2D eigenvalue weighted by atomic mass is 16.5. The number of hydrogen-bond donors (Lipinski definition) is 1. The minimum Gasteiger partial charge on any atom is -0.385 e. The summed E-state index contributed by atoms with van der Waals surface area (Å²) in [5.41, 5.74) is 6.18. The lowest BCUT2D eigenvalue weighted by molar-refractivity contribution is 0.0700. The molecule has 60 valence electrons. The van der Waals surface area contributed by atoms with Gasteiger partial charge in [-0.3, -0.25) is 0 Å². The second-order valence-corrected chi connectivity index (χ2v) is 3.72. The molecule has 0 amide bonds. The Labute approximate surface area is 62.7 Å². The zero-order valence-corrected chi connectivity index (χ0v) is 6.89. The van der Waals surface area contributed by atoms with E-state index in [0.29, 0.717) is 11.5 Å². The highest BCUT2D eigenvalue weighted by molar-refractivity contribution is 4.92. The number of rotatable bonds is 3. The fourth-order valence-electron chi connectivity index (χ4n) is 1.76. The molecular weight excluding hydrogens is 126 g/mol. The molecule has 1 aliphatic carbocycles. The van der Waals surface area contributed by atoms with Crippen molar-refractivity contribution in [3.63, 3.8) is 0 Å². The molecule has 0 aromatic heterocycles. The molecule has 2 heteroatoms. The third-order valence-electron chi connectivity index (χ3n) is 2.42. The maximum atomic E-state index is 5.68. The van der Waals surface area contributed by atoms with Crippen molar-refractivity contribution in [2.75, 3.05) is 13.7 Å². The fourth-order valence-corrected chi connectivity index (χ4v) is 1.76. The topological polar surface area (TPSA) is 35.2 Å². The number of ether oxygens (including phenoxy) is 1. The van der Waals surface area contributed by atoms with Crippen LogP contribution in [0.4, 0.5) is 0 Å². The van der Waals surface area contributed by atoms with E-state index in [1.807, 2.05) is 0 Å². The van der Waals surface area contributed by atoms with Crippen molar-refractivity contribution in [2.45, 2.75) is 32.2 Å². The van der Waals surface area contributed by atoms with Gasteiger partial charge in [0.1, 0.15) is 0 Å². The van der Waals surface area contributed by atoms with Crippen LogP contribution in [0.25, 0.3) is 0 Å². The van der Waals surface area contributed by atoms with Gasteiger partial charge >= 0.3 is 0 Å². The van der Waals surface area contributed by atoms with Crippen LogP contribution in [0.5, 0.6) is 0 Å². The lowest BCUT2D eigenvalue weighted by atomic mass is 9.65. The van der Waals surface area contributed by atoms with Gasteiger partial charge in [0.2, 0.25) is 0 Å². The quantitative estimate of drug-likeness (QED) is 0.643. The second kappa shape index (κ2) is 2.89. The summed E-state index contributed by atoms with van der Waals surface area (Å²) in [5, 5.41) is 0. The second-order valence-electron chi connectivity index (χ2n) is 3.72. The Morgan fingerprint density at radius 1 is 1.60 bits per heavy atom. The summed E-state index contributed by atoms with van der Waals surface area (Å²) in [6.45, 7) is 3.17. The van der Waals surface area contributed by atoms with Crippen molar-refractivity contribution < 1.29 is 4.74 Å². The predicted molar refractivity (Wildman–Crippen MR) is 41.8 cm³/mol. The number of nitrogens with two attached hydrogens (primary N) is 1.